The lowest BCUT2D eigenvalue weighted by Gasteiger charge is -2.58. The maximum Gasteiger partial charge on any atom is 0.333 e. The fourth-order valence-electron chi connectivity index (χ4n) is 5.23. The smallest absolute Gasteiger partial charge is 0.333 e. The summed E-state index contributed by atoms with van der Waals surface area (Å²) in [5.74, 6) is -0.0866. The zero-order valence-corrected chi connectivity index (χ0v) is 14.8. The minimum absolute atomic E-state index is 0.0228. The maximum absolute atomic E-state index is 11.3. The zero-order valence-electron chi connectivity index (χ0n) is 14.8. The number of carbonyl (C=O) groups is 1. The van der Waals surface area contributed by atoms with Crippen molar-refractivity contribution in [3.63, 3.8) is 0 Å². The van der Waals surface area contributed by atoms with E-state index in [4.69, 9.17) is 4.74 Å². The number of cyclic esters (lactones) is 1. The number of aliphatic hydroxyl groups excluding tert-OH is 2. The van der Waals surface area contributed by atoms with E-state index in [1.165, 1.54) is 18.9 Å². The van der Waals surface area contributed by atoms with Crippen molar-refractivity contribution in [3.05, 3.63) is 36.0 Å². The molecule has 132 valence electrons. The Labute approximate surface area is 143 Å². The number of aliphatic hydroxyl groups is 2. The van der Waals surface area contributed by atoms with Gasteiger partial charge in [-0.1, -0.05) is 45.9 Å². The molecule has 0 bridgehead atoms. The standard InChI is InChI=1S/C20H28O4/c1-12-14(7-6-13-10-17(22)24-18(13)23)20(4)9-5-8-19(2,3)16(20)11-15(12)21/h6-7,10,14-16,18,21,23H,1,5,8-9,11H2,2-4H3. The topological polar surface area (TPSA) is 66.8 Å². The fraction of sp³-hybridized carbons (Fsp3) is 0.650. The Morgan fingerprint density at radius 3 is 2.62 bits per heavy atom. The normalized spacial score (nSPS) is 42.0. The number of esters is 1. The molecule has 4 nitrogen and oxygen atoms in total. The van der Waals surface area contributed by atoms with Crippen LogP contribution in [0.2, 0.25) is 0 Å². The summed E-state index contributed by atoms with van der Waals surface area (Å²) in [5.41, 5.74) is 1.52. The van der Waals surface area contributed by atoms with Crippen LogP contribution < -0.4 is 0 Å². The Balaban J connectivity index is 1.93. The van der Waals surface area contributed by atoms with Gasteiger partial charge in [0, 0.05) is 17.6 Å². The first-order chi connectivity index (χ1) is 11.1. The second-order valence-corrected chi connectivity index (χ2v) is 8.50. The molecule has 0 saturated heterocycles. The second-order valence-electron chi connectivity index (χ2n) is 8.50. The molecule has 1 aliphatic heterocycles. The van der Waals surface area contributed by atoms with Gasteiger partial charge in [-0.15, -0.1) is 0 Å². The van der Waals surface area contributed by atoms with Crippen molar-refractivity contribution in [1.29, 1.82) is 0 Å². The van der Waals surface area contributed by atoms with Crippen LogP contribution in [0.1, 0.15) is 46.5 Å². The van der Waals surface area contributed by atoms with Crippen molar-refractivity contribution in [3.8, 4) is 0 Å². The summed E-state index contributed by atoms with van der Waals surface area (Å²) >= 11 is 0. The van der Waals surface area contributed by atoms with Gasteiger partial charge >= 0.3 is 5.97 Å². The minimum Gasteiger partial charge on any atom is -0.428 e. The molecule has 2 fully saturated rings. The molecule has 3 rings (SSSR count). The third-order valence-corrected chi connectivity index (χ3v) is 6.55. The third-order valence-electron chi connectivity index (χ3n) is 6.55. The lowest BCUT2D eigenvalue weighted by Crippen LogP contribution is -2.52. The average molecular weight is 332 g/mol. The molecule has 4 heteroatoms. The Morgan fingerprint density at radius 2 is 2.00 bits per heavy atom. The summed E-state index contributed by atoms with van der Waals surface area (Å²) < 4.78 is 4.73. The van der Waals surface area contributed by atoms with Crippen LogP contribution >= 0.6 is 0 Å². The number of hydrogen-bond acceptors (Lipinski definition) is 4. The van der Waals surface area contributed by atoms with Crippen LogP contribution in [-0.4, -0.2) is 28.6 Å². The molecule has 0 spiro atoms. The summed E-state index contributed by atoms with van der Waals surface area (Å²) in [5, 5.41) is 20.3. The van der Waals surface area contributed by atoms with Gasteiger partial charge in [0.15, 0.2) is 0 Å². The first-order valence-electron chi connectivity index (χ1n) is 8.80. The van der Waals surface area contributed by atoms with Crippen molar-refractivity contribution in [2.75, 3.05) is 0 Å². The Morgan fingerprint density at radius 1 is 1.29 bits per heavy atom. The van der Waals surface area contributed by atoms with E-state index in [-0.39, 0.29) is 16.7 Å². The van der Waals surface area contributed by atoms with Crippen LogP contribution in [0.5, 0.6) is 0 Å². The predicted molar refractivity (Wildman–Crippen MR) is 91.8 cm³/mol. The van der Waals surface area contributed by atoms with Gasteiger partial charge in [-0.05, 0) is 41.6 Å². The van der Waals surface area contributed by atoms with Gasteiger partial charge in [0.25, 0.3) is 0 Å². The molecule has 5 atom stereocenters. The van der Waals surface area contributed by atoms with E-state index in [1.54, 1.807) is 6.08 Å². The molecule has 2 saturated carbocycles. The number of ether oxygens (including phenoxy) is 1. The molecule has 5 unspecified atom stereocenters. The van der Waals surface area contributed by atoms with Gasteiger partial charge in [-0.2, -0.15) is 0 Å². The van der Waals surface area contributed by atoms with Crippen molar-refractivity contribution >= 4 is 5.97 Å². The van der Waals surface area contributed by atoms with Crippen molar-refractivity contribution in [2.45, 2.75) is 58.8 Å². The van der Waals surface area contributed by atoms with E-state index >= 15 is 0 Å². The maximum atomic E-state index is 11.3. The first kappa shape index (κ1) is 17.4. The SMILES string of the molecule is C=C1C(O)CC2C(C)(C)CCCC2(C)C1C=CC1=CC(=O)OC1O. The summed E-state index contributed by atoms with van der Waals surface area (Å²) in [4.78, 5) is 11.3. The molecule has 2 N–H and O–H groups in total. The van der Waals surface area contributed by atoms with Crippen molar-refractivity contribution in [1.82, 2.24) is 0 Å². The summed E-state index contributed by atoms with van der Waals surface area (Å²) in [6.07, 6.45) is 7.57. The highest BCUT2D eigenvalue weighted by atomic mass is 16.6. The van der Waals surface area contributed by atoms with E-state index in [0.29, 0.717) is 11.5 Å². The van der Waals surface area contributed by atoms with Crippen LogP contribution in [0.25, 0.3) is 0 Å². The molecular formula is C20H28O4. The lowest BCUT2D eigenvalue weighted by molar-refractivity contribution is -0.150. The molecule has 1 heterocycles. The van der Waals surface area contributed by atoms with Gasteiger partial charge in [0.05, 0.1) is 6.10 Å². The molecule has 24 heavy (non-hydrogen) atoms. The molecule has 0 aromatic rings. The largest absolute Gasteiger partial charge is 0.428 e. The monoisotopic (exact) mass is 332 g/mol. The van der Waals surface area contributed by atoms with Crippen molar-refractivity contribution in [2.24, 2.45) is 22.7 Å². The van der Waals surface area contributed by atoms with Crippen LogP contribution in [0, 0.1) is 22.7 Å². The van der Waals surface area contributed by atoms with Gasteiger partial charge in [-0.25, -0.2) is 4.79 Å². The Kier molecular flexibility index (Phi) is 4.25. The Hall–Kier alpha value is -1.39. The minimum atomic E-state index is -1.19. The summed E-state index contributed by atoms with van der Waals surface area (Å²) in [7, 11) is 0. The van der Waals surface area contributed by atoms with E-state index in [0.717, 1.165) is 18.4 Å². The van der Waals surface area contributed by atoms with E-state index < -0.39 is 18.4 Å². The highest BCUT2D eigenvalue weighted by Crippen LogP contribution is 2.61. The highest BCUT2D eigenvalue weighted by molar-refractivity contribution is 5.86. The molecule has 0 aromatic carbocycles. The molecule has 3 aliphatic rings. The van der Waals surface area contributed by atoms with Gasteiger partial charge in [-0.3, -0.25) is 0 Å². The second kappa shape index (κ2) is 5.85. The van der Waals surface area contributed by atoms with Gasteiger partial charge in [0.2, 0.25) is 6.29 Å². The van der Waals surface area contributed by atoms with Crippen LogP contribution in [-0.2, 0) is 9.53 Å². The van der Waals surface area contributed by atoms with E-state index in [9.17, 15) is 15.0 Å². The predicted octanol–water partition coefficient (Wildman–Crippen LogP) is 3.11. The third kappa shape index (κ3) is 2.76. The van der Waals surface area contributed by atoms with E-state index in [1.807, 2.05) is 6.08 Å². The van der Waals surface area contributed by atoms with Crippen molar-refractivity contribution < 1.29 is 19.7 Å². The molecule has 0 radical (unpaired) electrons. The number of carbonyl (C=O) groups excluding carboxylic acids is 1. The quantitative estimate of drug-likeness (QED) is 0.602. The number of rotatable bonds is 2. The van der Waals surface area contributed by atoms with Crippen LogP contribution in [0.4, 0.5) is 0 Å². The summed E-state index contributed by atoms with van der Waals surface area (Å²) in [6, 6.07) is 0. The fourth-order valence-corrected chi connectivity index (χ4v) is 5.23. The lowest BCUT2D eigenvalue weighted by atomic mass is 9.47. The highest BCUT2D eigenvalue weighted by Gasteiger charge is 2.54. The molecule has 0 aromatic heterocycles. The molecular weight excluding hydrogens is 304 g/mol. The average Bonchev–Trinajstić information content (AvgIpc) is 2.79. The van der Waals surface area contributed by atoms with E-state index in [2.05, 4.69) is 27.4 Å². The number of hydrogen-bond donors (Lipinski definition) is 2. The summed E-state index contributed by atoms with van der Waals surface area (Å²) in [6.45, 7) is 11.1. The first-order valence-corrected chi connectivity index (χ1v) is 8.80. The van der Waals surface area contributed by atoms with Gasteiger partial charge < -0.3 is 14.9 Å². The van der Waals surface area contributed by atoms with Gasteiger partial charge in [0.1, 0.15) is 0 Å². The number of allylic oxidation sites excluding steroid dienone is 1. The molecule has 2 aliphatic carbocycles. The molecule has 0 amide bonds. The number of fused-ring (bicyclic) bond motifs is 1. The van der Waals surface area contributed by atoms with Crippen LogP contribution in [0.15, 0.2) is 36.0 Å². The van der Waals surface area contributed by atoms with Crippen LogP contribution in [0.3, 0.4) is 0 Å². The Bertz CT molecular complexity index is 615. The zero-order chi connectivity index (χ0) is 17.7.